The molecule has 0 aliphatic heterocycles. The third-order valence-corrected chi connectivity index (χ3v) is 6.77. The van der Waals surface area contributed by atoms with E-state index in [1.54, 1.807) is 0 Å². The van der Waals surface area contributed by atoms with E-state index in [1.165, 1.54) is 0 Å². The summed E-state index contributed by atoms with van der Waals surface area (Å²) in [6.45, 7) is 2.10. The summed E-state index contributed by atoms with van der Waals surface area (Å²) in [5.74, 6) is 1.13. The van der Waals surface area contributed by atoms with Crippen LogP contribution in [0.15, 0.2) is 0 Å². The van der Waals surface area contributed by atoms with Gasteiger partial charge in [-0.2, -0.15) is 0 Å². The van der Waals surface area contributed by atoms with Crippen molar-refractivity contribution >= 4 is 19.7 Å². The van der Waals surface area contributed by atoms with Crippen molar-refractivity contribution in [2.24, 2.45) is 5.92 Å². The Morgan fingerprint density at radius 3 is 2.00 bits per heavy atom. The maximum Gasteiger partial charge on any atom is 0.140 e. The van der Waals surface area contributed by atoms with Crippen LogP contribution in [0.2, 0.25) is 6.04 Å². The number of hydrogen-bond donors (Lipinski definition) is 3. The normalized spacial score (nSPS) is 14.2. The average molecular weight is 255 g/mol. The highest BCUT2D eigenvalue weighted by Crippen LogP contribution is 2.23. The first-order valence-electron chi connectivity index (χ1n) is 5.56. The molecule has 0 heterocycles. The molecule has 15 heavy (non-hydrogen) atoms. The Hall–Kier alpha value is 0.387. The van der Waals surface area contributed by atoms with E-state index in [9.17, 15) is 15.3 Å². The van der Waals surface area contributed by atoms with Gasteiger partial charge in [-0.05, 0) is 24.8 Å². The summed E-state index contributed by atoms with van der Waals surface area (Å²) in [7, 11) is -2.23. The number of hydrogen-bond acceptors (Lipinski definition) is 3. The summed E-state index contributed by atoms with van der Waals surface area (Å²) in [4.78, 5) is 0. The first-order chi connectivity index (χ1) is 7.17. The Bertz CT molecular complexity index is 145. The van der Waals surface area contributed by atoms with Crippen molar-refractivity contribution in [2.75, 3.05) is 24.6 Å². The SMILES string of the molecule is CCC(CCCCl)C[Si](CO)(CO)CO. The second kappa shape index (κ2) is 8.53. The monoisotopic (exact) mass is 254 g/mol. The van der Waals surface area contributed by atoms with E-state index in [0.29, 0.717) is 11.8 Å². The van der Waals surface area contributed by atoms with Gasteiger partial charge in [-0.3, -0.25) is 0 Å². The highest BCUT2D eigenvalue weighted by Gasteiger charge is 2.33. The first-order valence-corrected chi connectivity index (χ1v) is 8.92. The first kappa shape index (κ1) is 15.4. The van der Waals surface area contributed by atoms with Crippen molar-refractivity contribution in [1.82, 2.24) is 0 Å². The lowest BCUT2D eigenvalue weighted by molar-refractivity contribution is 0.282. The van der Waals surface area contributed by atoms with Crippen LogP contribution in [0, 0.1) is 5.92 Å². The quantitative estimate of drug-likeness (QED) is 0.426. The lowest BCUT2D eigenvalue weighted by atomic mass is 10.0. The van der Waals surface area contributed by atoms with E-state index in [0.717, 1.165) is 25.3 Å². The topological polar surface area (TPSA) is 60.7 Å². The molecule has 0 aromatic heterocycles. The Morgan fingerprint density at radius 2 is 1.67 bits per heavy atom. The molecule has 0 aliphatic rings. The molecule has 0 spiro atoms. The molecule has 0 aromatic carbocycles. The Labute approximate surface area is 98.1 Å². The van der Waals surface area contributed by atoms with E-state index in [2.05, 4.69) is 6.92 Å². The molecule has 0 aliphatic carbocycles. The van der Waals surface area contributed by atoms with Gasteiger partial charge in [-0.1, -0.05) is 13.3 Å². The maximum atomic E-state index is 9.26. The van der Waals surface area contributed by atoms with Gasteiger partial charge in [0, 0.05) is 24.6 Å². The molecule has 0 saturated heterocycles. The lowest BCUT2D eigenvalue weighted by Gasteiger charge is -2.29. The van der Waals surface area contributed by atoms with Crippen LogP contribution in [0.4, 0.5) is 0 Å². The molecule has 0 rings (SSSR count). The van der Waals surface area contributed by atoms with Gasteiger partial charge in [0.05, 0.1) is 0 Å². The molecular weight excluding hydrogens is 232 g/mol. The molecule has 0 bridgehead atoms. The number of halogens is 1. The van der Waals surface area contributed by atoms with Crippen LogP contribution < -0.4 is 0 Å². The van der Waals surface area contributed by atoms with Gasteiger partial charge < -0.3 is 15.3 Å². The number of aliphatic hydroxyl groups excluding tert-OH is 3. The summed E-state index contributed by atoms with van der Waals surface area (Å²) in [6, 6.07) is 0.796. The zero-order chi connectivity index (χ0) is 11.7. The van der Waals surface area contributed by atoms with Crippen LogP contribution >= 0.6 is 11.6 Å². The maximum absolute atomic E-state index is 9.26. The smallest absolute Gasteiger partial charge is 0.140 e. The standard InChI is InChI=1S/C10H23ClO3Si/c1-2-10(4-3-5-11)6-15(7-12,8-13)9-14/h10,12-14H,2-9H2,1H3. The van der Waals surface area contributed by atoms with Gasteiger partial charge in [-0.15, -0.1) is 11.6 Å². The van der Waals surface area contributed by atoms with Crippen LogP contribution in [0.3, 0.4) is 0 Å². The molecule has 0 aromatic rings. The van der Waals surface area contributed by atoms with E-state index in [1.807, 2.05) is 0 Å². The minimum Gasteiger partial charge on any atom is -0.399 e. The molecule has 3 N–H and O–H groups in total. The molecule has 5 heteroatoms. The fourth-order valence-electron chi connectivity index (χ4n) is 1.77. The van der Waals surface area contributed by atoms with Crippen LogP contribution in [-0.2, 0) is 0 Å². The highest BCUT2D eigenvalue weighted by atomic mass is 35.5. The molecule has 0 fully saturated rings. The molecule has 1 unspecified atom stereocenters. The van der Waals surface area contributed by atoms with Gasteiger partial charge in [0.2, 0.25) is 0 Å². The molecule has 92 valence electrons. The molecule has 0 radical (unpaired) electrons. The van der Waals surface area contributed by atoms with E-state index >= 15 is 0 Å². The van der Waals surface area contributed by atoms with Crippen molar-refractivity contribution in [3.8, 4) is 0 Å². The van der Waals surface area contributed by atoms with Gasteiger partial charge in [0.25, 0.3) is 0 Å². The highest BCUT2D eigenvalue weighted by molar-refractivity contribution is 6.79. The van der Waals surface area contributed by atoms with E-state index in [-0.39, 0.29) is 18.7 Å². The van der Waals surface area contributed by atoms with Crippen LogP contribution in [-0.4, -0.2) is 48.0 Å². The number of alkyl halides is 1. The van der Waals surface area contributed by atoms with Crippen molar-refractivity contribution in [3.63, 3.8) is 0 Å². The summed E-state index contributed by atoms with van der Waals surface area (Å²) in [5, 5.41) is 27.8. The summed E-state index contributed by atoms with van der Waals surface area (Å²) < 4.78 is 0. The van der Waals surface area contributed by atoms with Crippen LogP contribution in [0.1, 0.15) is 26.2 Å². The second-order valence-electron chi connectivity index (χ2n) is 4.28. The molecule has 1 atom stereocenters. The number of rotatable bonds is 9. The van der Waals surface area contributed by atoms with Gasteiger partial charge in [0.15, 0.2) is 0 Å². The fourth-order valence-corrected chi connectivity index (χ4v) is 4.33. The lowest BCUT2D eigenvalue weighted by Crippen LogP contribution is -2.49. The largest absolute Gasteiger partial charge is 0.399 e. The summed E-state index contributed by atoms with van der Waals surface area (Å²) >= 11 is 5.64. The Kier molecular flexibility index (Phi) is 8.75. The van der Waals surface area contributed by atoms with E-state index < -0.39 is 8.07 Å². The zero-order valence-corrected chi connectivity index (χ0v) is 11.2. The predicted molar refractivity (Wildman–Crippen MR) is 65.6 cm³/mol. The summed E-state index contributed by atoms with van der Waals surface area (Å²) in [5.41, 5.74) is 0. The molecule has 3 nitrogen and oxygen atoms in total. The van der Waals surface area contributed by atoms with Crippen molar-refractivity contribution in [3.05, 3.63) is 0 Å². The average Bonchev–Trinajstić information content (AvgIpc) is 2.30. The van der Waals surface area contributed by atoms with Crippen LogP contribution in [0.5, 0.6) is 0 Å². The summed E-state index contributed by atoms with van der Waals surface area (Å²) in [6.07, 6.45) is 2.92. The van der Waals surface area contributed by atoms with Crippen LogP contribution in [0.25, 0.3) is 0 Å². The molecular formula is C10H23ClO3Si. The molecule has 0 saturated carbocycles. The third-order valence-electron chi connectivity index (χ3n) is 3.05. The van der Waals surface area contributed by atoms with Gasteiger partial charge in [0.1, 0.15) is 8.07 Å². The van der Waals surface area contributed by atoms with Gasteiger partial charge >= 0.3 is 0 Å². The minimum absolute atomic E-state index is 0.0304. The minimum atomic E-state index is -2.23. The fraction of sp³-hybridized carbons (Fsp3) is 1.00. The zero-order valence-electron chi connectivity index (χ0n) is 9.45. The van der Waals surface area contributed by atoms with Crippen molar-refractivity contribution < 1.29 is 15.3 Å². The third kappa shape index (κ3) is 5.31. The second-order valence-corrected chi connectivity index (χ2v) is 9.02. The predicted octanol–water partition coefficient (Wildman–Crippen LogP) is 1.07. The Balaban J connectivity index is 4.21. The molecule has 0 amide bonds. The van der Waals surface area contributed by atoms with E-state index in [4.69, 9.17) is 11.6 Å². The van der Waals surface area contributed by atoms with Crippen molar-refractivity contribution in [1.29, 1.82) is 0 Å². The van der Waals surface area contributed by atoms with Gasteiger partial charge in [-0.25, -0.2) is 0 Å². The van der Waals surface area contributed by atoms with Crippen molar-refractivity contribution in [2.45, 2.75) is 32.2 Å². The number of aliphatic hydroxyl groups is 3. The Morgan fingerprint density at radius 1 is 1.13 bits per heavy atom.